The zero-order valence-corrected chi connectivity index (χ0v) is 14.6. The fourth-order valence-electron chi connectivity index (χ4n) is 2.92. The van der Waals surface area contributed by atoms with Gasteiger partial charge in [-0.2, -0.15) is 5.26 Å². The summed E-state index contributed by atoms with van der Waals surface area (Å²) in [6.07, 6.45) is 0.706. The number of rotatable bonds is 5. The second-order valence-electron chi connectivity index (χ2n) is 6.27. The molecule has 1 aliphatic rings. The predicted octanol–water partition coefficient (Wildman–Crippen LogP) is 2.22. The topological polar surface area (TPSA) is 84.4 Å². The second kappa shape index (κ2) is 7.51. The first-order chi connectivity index (χ1) is 12.1. The highest BCUT2D eigenvalue weighted by molar-refractivity contribution is 5.79. The Balaban J connectivity index is 2.01. The molecule has 130 valence electrons. The number of likely N-dealkylation sites (N-methyl/N-ethyl adjacent to an activating group) is 1. The number of ether oxygens (including phenoxy) is 2. The summed E-state index contributed by atoms with van der Waals surface area (Å²) in [4.78, 5) is 6.46. The van der Waals surface area contributed by atoms with Crippen molar-refractivity contribution < 1.29 is 9.47 Å². The molecule has 0 atom stereocenters. The van der Waals surface area contributed by atoms with Crippen LogP contribution in [0.2, 0.25) is 0 Å². The van der Waals surface area contributed by atoms with E-state index in [0.717, 1.165) is 34.7 Å². The number of aromatic nitrogens is 1. The van der Waals surface area contributed by atoms with E-state index in [9.17, 15) is 5.26 Å². The first-order valence-electron chi connectivity index (χ1n) is 8.27. The Labute approximate surface area is 147 Å². The summed E-state index contributed by atoms with van der Waals surface area (Å²) in [7, 11) is 4.01. The molecular weight excluding hydrogens is 316 g/mol. The van der Waals surface area contributed by atoms with Gasteiger partial charge >= 0.3 is 0 Å². The summed E-state index contributed by atoms with van der Waals surface area (Å²) in [6.45, 7) is 2.50. The summed E-state index contributed by atoms with van der Waals surface area (Å²) >= 11 is 0. The number of nitriles is 1. The highest BCUT2D eigenvalue weighted by atomic mass is 16.5. The van der Waals surface area contributed by atoms with Gasteiger partial charge in [0.25, 0.3) is 0 Å². The van der Waals surface area contributed by atoms with Crippen LogP contribution in [0, 0.1) is 11.3 Å². The van der Waals surface area contributed by atoms with Crippen LogP contribution in [-0.2, 0) is 17.8 Å². The van der Waals surface area contributed by atoms with Crippen LogP contribution >= 0.6 is 0 Å². The van der Waals surface area contributed by atoms with E-state index in [1.54, 1.807) is 0 Å². The van der Waals surface area contributed by atoms with Crippen LogP contribution < -0.4 is 10.5 Å². The lowest BCUT2D eigenvalue weighted by atomic mass is 9.92. The maximum absolute atomic E-state index is 9.59. The molecule has 0 spiro atoms. The first kappa shape index (κ1) is 17.2. The van der Waals surface area contributed by atoms with Crippen molar-refractivity contribution in [2.45, 2.75) is 13.0 Å². The van der Waals surface area contributed by atoms with Crippen molar-refractivity contribution in [2.24, 2.45) is 0 Å². The summed E-state index contributed by atoms with van der Waals surface area (Å²) < 4.78 is 11.4. The maximum Gasteiger partial charge on any atom is 0.142 e. The number of hydrogen-bond acceptors (Lipinski definition) is 6. The van der Waals surface area contributed by atoms with E-state index in [-0.39, 0.29) is 5.82 Å². The van der Waals surface area contributed by atoms with Gasteiger partial charge in [0.1, 0.15) is 29.8 Å². The lowest BCUT2D eigenvalue weighted by Gasteiger charge is -2.21. The Hall–Kier alpha value is -2.62. The molecule has 0 saturated heterocycles. The third kappa shape index (κ3) is 3.73. The van der Waals surface area contributed by atoms with Crippen LogP contribution in [0.1, 0.15) is 16.8 Å². The summed E-state index contributed by atoms with van der Waals surface area (Å²) in [5.41, 5.74) is 10.00. The van der Waals surface area contributed by atoms with E-state index in [0.29, 0.717) is 31.8 Å². The molecule has 3 rings (SSSR count). The van der Waals surface area contributed by atoms with Crippen molar-refractivity contribution in [2.75, 3.05) is 39.6 Å². The number of hydrogen-bond donors (Lipinski definition) is 1. The van der Waals surface area contributed by atoms with Crippen LogP contribution in [0.15, 0.2) is 24.3 Å². The number of pyridine rings is 1. The maximum atomic E-state index is 9.59. The van der Waals surface area contributed by atoms with Gasteiger partial charge in [-0.05, 0) is 31.8 Å². The van der Waals surface area contributed by atoms with Crippen LogP contribution in [0.5, 0.6) is 5.75 Å². The van der Waals surface area contributed by atoms with Gasteiger partial charge < -0.3 is 20.1 Å². The fraction of sp³-hybridized carbons (Fsp3) is 0.368. The van der Waals surface area contributed by atoms with Gasteiger partial charge in [0, 0.05) is 24.1 Å². The third-order valence-corrected chi connectivity index (χ3v) is 4.18. The van der Waals surface area contributed by atoms with Gasteiger partial charge in [0.2, 0.25) is 0 Å². The van der Waals surface area contributed by atoms with Crippen molar-refractivity contribution in [1.29, 1.82) is 5.26 Å². The zero-order chi connectivity index (χ0) is 17.8. The zero-order valence-electron chi connectivity index (χ0n) is 14.6. The lowest BCUT2D eigenvalue weighted by molar-refractivity contribution is 0.109. The van der Waals surface area contributed by atoms with Crippen molar-refractivity contribution >= 4 is 5.82 Å². The number of benzene rings is 1. The molecular formula is C19H22N4O2. The van der Waals surface area contributed by atoms with Crippen LogP contribution in [0.25, 0.3) is 11.1 Å². The minimum Gasteiger partial charge on any atom is -0.492 e. The third-order valence-electron chi connectivity index (χ3n) is 4.18. The highest BCUT2D eigenvalue weighted by Gasteiger charge is 2.22. The van der Waals surface area contributed by atoms with Gasteiger partial charge in [-0.3, -0.25) is 0 Å². The van der Waals surface area contributed by atoms with Crippen molar-refractivity contribution in [3.8, 4) is 22.9 Å². The number of nitrogens with two attached hydrogens (primary N) is 1. The second-order valence-corrected chi connectivity index (χ2v) is 6.27. The summed E-state index contributed by atoms with van der Waals surface area (Å²) in [5, 5.41) is 9.59. The Bertz CT molecular complexity index is 812. The Morgan fingerprint density at radius 2 is 2.24 bits per heavy atom. The fourth-order valence-corrected chi connectivity index (χ4v) is 2.92. The molecule has 0 fully saturated rings. The van der Waals surface area contributed by atoms with E-state index in [4.69, 9.17) is 15.2 Å². The van der Waals surface area contributed by atoms with Crippen molar-refractivity contribution in [1.82, 2.24) is 9.88 Å². The number of nitrogen functional groups attached to an aromatic ring is 1. The smallest absolute Gasteiger partial charge is 0.142 e. The average molecular weight is 338 g/mol. The van der Waals surface area contributed by atoms with Crippen LogP contribution in [0.4, 0.5) is 5.82 Å². The molecule has 25 heavy (non-hydrogen) atoms. The quantitative estimate of drug-likeness (QED) is 0.900. The molecule has 1 aromatic heterocycles. The molecule has 0 aliphatic carbocycles. The Kier molecular flexibility index (Phi) is 5.17. The summed E-state index contributed by atoms with van der Waals surface area (Å²) in [5.74, 6) is 1.04. The molecule has 2 heterocycles. The lowest BCUT2D eigenvalue weighted by Crippen LogP contribution is -2.19. The summed E-state index contributed by atoms with van der Waals surface area (Å²) in [6, 6.07) is 9.95. The van der Waals surface area contributed by atoms with Gasteiger partial charge in [-0.1, -0.05) is 12.1 Å². The van der Waals surface area contributed by atoms with Gasteiger partial charge in [-0.25, -0.2) is 4.98 Å². The molecule has 1 aliphatic heterocycles. The Morgan fingerprint density at radius 1 is 1.40 bits per heavy atom. The molecule has 1 aromatic carbocycles. The average Bonchev–Trinajstić information content (AvgIpc) is 2.60. The normalized spacial score (nSPS) is 13.4. The molecule has 0 saturated carbocycles. The molecule has 6 nitrogen and oxygen atoms in total. The minimum atomic E-state index is 0.275. The van der Waals surface area contributed by atoms with E-state index >= 15 is 0 Å². The monoisotopic (exact) mass is 338 g/mol. The standard InChI is InChI=1S/C19H22N4O2/c1-23(2)7-9-25-14-5-3-4-13(10-14)18-15(11-20)19(21)22-17-6-8-24-12-16(17)18/h3-5,10H,6-9,12H2,1-2H3,(H2,21,22). The highest BCUT2D eigenvalue weighted by Crippen LogP contribution is 2.35. The number of nitrogens with zero attached hydrogens (tertiary/aromatic N) is 3. The van der Waals surface area contributed by atoms with Crippen molar-refractivity contribution in [3.63, 3.8) is 0 Å². The van der Waals surface area contributed by atoms with Gasteiger partial charge in [-0.15, -0.1) is 0 Å². The molecule has 0 amide bonds. The largest absolute Gasteiger partial charge is 0.492 e. The SMILES string of the molecule is CN(C)CCOc1cccc(-c2c(C#N)c(N)nc3c2COCC3)c1. The van der Waals surface area contributed by atoms with Gasteiger partial charge in [0.05, 0.1) is 18.9 Å². The number of fused-ring (bicyclic) bond motifs is 1. The molecule has 0 radical (unpaired) electrons. The number of anilines is 1. The first-order valence-corrected chi connectivity index (χ1v) is 8.27. The molecule has 0 unspecified atom stereocenters. The van der Waals surface area contributed by atoms with Gasteiger partial charge in [0.15, 0.2) is 0 Å². The van der Waals surface area contributed by atoms with Crippen LogP contribution in [-0.4, -0.2) is 43.7 Å². The van der Waals surface area contributed by atoms with E-state index < -0.39 is 0 Å². The van der Waals surface area contributed by atoms with E-state index in [1.807, 2.05) is 38.4 Å². The molecule has 2 aromatic rings. The van der Waals surface area contributed by atoms with Crippen LogP contribution in [0.3, 0.4) is 0 Å². The molecule has 2 N–H and O–H groups in total. The van der Waals surface area contributed by atoms with E-state index in [1.165, 1.54) is 0 Å². The molecule has 0 bridgehead atoms. The molecule has 6 heteroatoms. The van der Waals surface area contributed by atoms with E-state index in [2.05, 4.69) is 16.0 Å². The predicted molar refractivity (Wildman–Crippen MR) is 96.2 cm³/mol. The Morgan fingerprint density at radius 3 is 3.00 bits per heavy atom. The minimum absolute atomic E-state index is 0.275. The van der Waals surface area contributed by atoms with Crippen molar-refractivity contribution in [3.05, 3.63) is 41.1 Å².